The highest BCUT2D eigenvalue weighted by atomic mass is 32.2. The van der Waals surface area contributed by atoms with E-state index in [9.17, 15) is 4.79 Å². The summed E-state index contributed by atoms with van der Waals surface area (Å²) in [4.78, 5) is 16.0. The number of nitrogens with zero attached hydrogens (tertiary/aromatic N) is 2. The second-order valence-electron chi connectivity index (χ2n) is 4.82. The van der Waals surface area contributed by atoms with Crippen LogP contribution in [0.4, 0.5) is 5.82 Å². The summed E-state index contributed by atoms with van der Waals surface area (Å²) in [6, 6.07) is 1.80. The Balaban J connectivity index is 1.87. The number of nitrogens with one attached hydrogen (secondary N) is 1. The van der Waals surface area contributed by atoms with Gasteiger partial charge >= 0.3 is 5.69 Å². The Morgan fingerprint density at radius 3 is 3.14 bits per heavy atom. The second kappa shape index (κ2) is 8.41. The van der Waals surface area contributed by atoms with Crippen molar-refractivity contribution in [3.05, 3.63) is 22.7 Å². The summed E-state index contributed by atoms with van der Waals surface area (Å²) >= 11 is 1.68. The number of anilines is 1. The Labute approximate surface area is 129 Å². The molecule has 2 heterocycles. The smallest absolute Gasteiger partial charge is 0.351 e. The minimum atomic E-state index is -0.286. The summed E-state index contributed by atoms with van der Waals surface area (Å²) in [6.45, 7) is 6.17. The molecule has 1 N–H and O–H groups in total. The summed E-state index contributed by atoms with van der Waals surface area (Å²) < 4.78 is 13.0. The van der Waals surface area contributed by atoms with Crippen molar-refractivity contribution >= 4 is 17.6 Å². The van der Waals surface area contributed by atoms with Gasteiger partial charge in [0.1, 0.15) is 17.5 Å². The van der Waals surface area contributed by atoms with E-state index in [0.717, 1.165) is 31.7 Å². The monoisotopic (exact) mass is 313 g/mol. The number of hydrogen-bond donors (Lipinski definition) is 1. The van der Waals surface area contributed by atoms with E-state index < -0.39 is 0 Å². The molecule has 0 radical (unpaired) electrons. The third-order valence-electron chi connectivity index (χ3n) is 3.13. The highest BCUT2D eigenvalue weighted by Gasteiger charge is 2.28. The molecule has 0 saturated carbocycles. The zero-order valence-corrected chi connectivity index (χ0v) is 13.4. The molecule has 1 aromatic heterocycles. The lowest BCUT2D eigenvalue weighted by Gasteiger charge is -2.15. The molecular formula is C14H23N3O3S. The van der Waals surface area contributed by atoms with Crippen LogP contribution in [-0.4, -0.2) is 40.5 Å². The molecular weight excluding hydrogens is 290 g/mol. The first kappa shape index (κ1) is 16.3. The minimum absolute atomic E-state index is 0.00722. The molecule has 1 aliphatic rings. The summed E-state index contributed by atoms with van der Waals surface area (Å²) in [6.07, 6.45) is 3.67. The SMILES string of the molecule is CCCCOC[C@H]1O[C@@H](n2ccc(NCC)nc2=O)CS1. The van der Waals surface area contributed by atoms with Crippen LogP contribution in [0, 0.1) is 0 Å². The molecule has 1 aromatic rings. The van der Waals surface area contributed by atoms with Crippen molar-refractivity contribution in [3.8, 4) is 0 Å². The maximum absolute atomic E-state index is 12.0. The number of unbranched alkanes of at least 4 members (excludes halogenated alkanes) is 1. The maximum Gasteiger partial charge on any atom is 0.351 e. The first-order valence-electron chi connectivity index (χ1n) is 7.42. The van der Waals surface area contributed by atoms with Crippen molar-refractivity contribution in [2.75, 3.05) is 30.8 Å². The van der Waals surface area contributed by atoms with Crippen LogP contribution in [0.3, 0.4) is 0 Å². The van der Waals surface area contributed by atoms with Crippen LogP contribution in [0.2, 0.25) is 0 Å². The van der Waals surface area contributed by atoms with Crippen LogP contribution >= 0.6 is 11.8 Å². The molecule has 0 amide bonds. The molecule has 1 aliphatic heterocycles. The van der Waals surface area contributed by atoms with E-state index in [1.807, 2.05) is 6.92 Å². The molecule has 0 bridgehead atoms. The van der Waals surface area contributed by atoms with Gasteiger partial charge in [-0.25, -0.2) is 4.79 Å². The van der Waals surface area contributed by atoms with Gasteiger partial charge in [0, 0.05) is 25.1 Å². The first-order chi connectivity index (χ1) is 10.2. The van der Waals surface area contributed by atoms with E-state index in [0.29, 0.717) is 12.4 Å². The number of rotatable bonds is 8. The Morgan fingerprint density at radius 2 is 2.43 bits per heavy atom. The molecule has 1 fully saturated rings. The van der Waals surface area contributed by atoms with Crippen LogP contribution in [0.5, 0.6) is 0 Å². The van der Waals surface area contributed by atoms with Gasteiger partial charge in [-0.15, -0.1) is 11.8 Å². The van der Waals surface area contributed by atoms with Crippen LogP contribution in [0.1, 0.15) is 32.9 Å². The number of hydrogen-bond acceptors (Lipinski definition) is 6. The molecule has 2 rings (SSSR count). The lowest BCUT2D eigenvalue weighted by molar-refractivity contribution is -0.0250. The molecule has 0 unspecified atom stereocenters. The molecule has 6 nitrogen and oxygen atoms in total. The maximum atomic E-state index is 12.0. The van der Waals surface area contributed by atoms with Crippen molar-refractivity contribution in [2.24, 2.45) is 0 Å². The van der Waals surface area contributed by atoms with E-state index in [-0.39, 0.29) is 17.4 Å². The van der Waals surface area contributed by atoms with Gasteiger partial charge in [-0.2, -0.15) is 4.98 Å². The Hall–Kier alpha value is -1.05. The molecule has 0 spiro atoms. The van der Waals surface area contributed by atoms with Gasteiger partial charge in [-0.05, 0) is 19.4 Å². The fraction of sp³-hybridized carbons (Fsp3) is 0.714. The summed E-state index contributed by atoms with van der Waals surface area (Å²) in [5.41, 5.74) is -0.293. The normalized spacial score (nSPS) is 21.6. The van der Waals surface area contributed by atoms with Crippen LogP contribution in [-0.2, 0) is 9.47 Å². The van der Waals surface area contributed by atoms with E-state index in [4.69, 9.17) is 9.47 Å². The predicted octanol–water partition coefficient (Wildman–Crippen LogP) is 2.08. The predicted molar refractivity (Wildman–Crippen MR) is 84.8 cm³/mol. The Morgan fingerprint density at radius 1 is 1.57 bits per heavy atom. The zero-order valence-electron chi connectivity index (χ0n) is 12.6. The largest absolute Gasteiger partial charge is 0.378 e. The third-order valence-corrected chi connectivity index (χ3v) is 4.22. The van der Waals surface area contributed by atoms with E-state index in [2.05, 4.69) is 17.2 Å². The van der Waals surface area contributed by atoms with Crippen molar-refractivity contribution in [1.82, 2.24) is 9.55 Å². The molecule has 118 valence electrons. The average Bonchev–Trinajstić information content (AvgIpc) is 2.93. The quantitative estimate of drug-likeness (QED) is 0.741. The van der Waals surface area contributed by atoms with Gasteiger partial charge < -0.3 is 14.8 Å². The first-order valence-corrected chi connectivity index (χ1v) is 8.47. The molecule has 0 aromatic carbocycles. The minimum Gasteiger partial charge on any atom is -0.378 e. The number of aromatic nitrogens is 2. The van der Waals surface area contributed by atoms with E-state index in [1.54, 1.807) is 28.6 Å². The van der Waals surface area contributed by atoms with Crippen LogP contribution < -0.4 is 11.0 Å². The second-order valence-corrected chi connectivity index (χ2v) is 6.01. The molecule has 2 atom stereocenters. The fourth-order valence-electron chi connectivity index (χ4n) is 2.01. The third kappa shape index (κ3) is 4.72. The number of thioether (sulfide) groups is 1. The molecule has 21 heavy (non-hydrogen) atoms. The topological polar surface area (TPSA) is 65.4 Å². The van der Waals surface area contributed by atoms with Gasteiger partial charge in [-0.3, -0.25) is 4.57 Å². The lowest BCUT2D eigenvalue weighted by Crippen LogP contribution is -2.29. The highest BCUT2D eigenvalue weighted by molar-refractivity contribution is 8.00. The summed E-state index contributed by atoms with van der Waals surface area (Å²) in [5, 5.41) is 3.02. The molecule has 1 saturated heterocycles. The summed E-state index contributed by atoms with van der Waals surface area (Å²) in [5.74, 6) is 1.34. The van der Waals surface area contributed by atoms with E-state index >= 15 is 0 Å². The van der Waals surface area contributed by atoms with Gasteiger partial charge in [-0.1, -0.05) is 13.3 Å². The van der Waals surface area contributed by atoms with Gasteiger partial charge in [0.15, 0.2) is 0 Å². The van der Waals surface area contributed by atoms with Crippen molar-refractivity contribution in [2.45, 2.75) is 38.4 Å². The molecule has 7 heteroatoms. The van der Waals surface area contributed by atoms with Gasteiger partial charge in [0.2, 0.25) is 0 Å². The van der Waals surface area contributed by atoms with Gasteiger partial charge in [0.25, 0.3) is 0 Å². The average molecular weight is 313 g/mol. The van der Waals surface area contributed by atoms with Crippen LogP contribution in [0.25, 0.3) is 0 Å². The highest BCUT2D eigenvalue weighted by Crippen LogP contribution is 2.31. The van der Waals surface area contributed by atoms with Crippen LogP contribution in [0.15, 0.2) is 17.1 Å². The summed E-state index contributed by atoms with van der Waals surface area (Å²) in [7, 11) is 0. The standard InChI is InChI=1S/C14H23N3O3S/c1-3-5-8-19-9-13-20-12(10-21-13)17-7-6-11(15-4-2)16-14(17)18/h6-7,12-13H,3-5,8-10H2,1-2H3,(H,15,16,18)/t12-,13+/m1/s1. The van der Waals surface area contributed by atoms with E-state index in [1.165, 1.54) is 0 Å². The zero-order chi connectivity index (χ0) is 15.1. The van der Waals surface area contributed by atoms with Crippen molar-refractivity contribution in [3.63, 3.8) is 0 Å². The number of ether oxygens (including phenoxy) is 2. The fourth-order valence-corrected chi connectivity index (χ4v) is 3.03. The lowest BCUT2D eigenvalue weighted by atomic mass is 10.4. The van der Waals surface area contributed by atoms with Gasteiger partial charge in [0.05, 0.1) is 6.61 Å². The van der Waals surface area contributed by atoms with Crippen molar-refractivity contribution in [1.29, 1.82) is 0 Å². The van der Waals surface area contributed by atoms with Crippen molar-refractivity contribution < 1.29 is 9.47 Å². The Bertz CT molecular complexity index is 495. The Kier molecular flexibility index (Phi) is 6.53. The molecule has 0 aliphatic carbocycles.